The first kappa shape index (κ1) is 7.10. The van der Waals surface area contributed by atoms with Crippen molar-refractivity contribution in [1.82, 2.24) is 0 Å². The largest absolute Gasteiger partial charge is 0.376 e. The molecule has 8 heavy (non-hydrogen) atoms. The van der Waals surface area contributed by atoms with Crippen molar-refractivity contribution in [2.24, 2.45) is 5.73 Å². The molecule has 0 aliphatic rings. The van der Waals surface area contributed by atoms with Gasteiger partial charge in [0.05, 0.1) is 0 Å². The van der Waals surface area contributed by atoms with Crippen molar-refractivity contribution in [2.45, 2.75) is 13.0 Å². The lowest BCUT2D eigenvalue weighted by atomic mass is 10.2. The third-order valence-electron chi connectivity index (χ3n) is 0.655. The number of Topliss-reactive ketones (excluding diaryl/α,β-unsaturated/α-hetero) is 1. The molecule has 1 atom stereocenters. The van der Waals surface area contributed by atoms with E-state index in [4.69, 9.17) is 5.11 Å². The summed E-state index contributed by atoms with van der Waals surface area (Å²) in [6, 6.07) is 0. The third kappa shape index (κ3) is 1.70. The zero-order valence-electron chi connectivity index (χ0n) is 4.42. The Kier molecular flexibility index (Phi) is 2.15. The molecular formula is C4H7NO3. The van der Waals surface area contributed by atoms with E-state index in [1.807, 2.05) is 0 Å². The average molecular weight is 117 g/mol. The fourth-order valence-corrected chi connectivity index (χ4v) is 0.200. The maximum Gasteiger partial charge on any atom is 0.254 e. The molecule has 0 saturated heterocycles. The van der Waals surface area contributed by atoms with Gasteiger partial charge < -0.3 is 10.8 Å². The Morgan fingerprint density at radius 1 is 1.62 bits per heavy atom. The lowest BCUT2D eigenvalue weighted by molar-refractivity contribution is -0.136. The van der Waals surface area contributed by atoms with Crippen molar-refractivity contribution in [3.05, 3.63) is 0 Å². The fourth-order valence-electron chi connectivity index (χ4n) is 0.200. The van der Waals surface area contributed by atoms with Crippen LogP contribution in [-0.4, -0.2) is 22.9 Å². The summed E-state index contributed by atoms with van der Waals surface area (Å²) in [7, 11) is 0. The first-order valence-electron chi connectivity index (χ1n) is 2.03. The molecule has 1 unspecified atom stereocenters. The van der Waals surface area contributed by atoms with Gasteiger partial charge in [-0.2, -0.15) is 0 Å². The Bertz CT molecular complexity index is 106. The van der Waals surface area contributed by atoms with E-state index < -0.39 is 17.8 Å². The van der Waals surface area contributed by atoms with E-state index in [0.29, 0.717) is 0 Å². The number of amides is 1. The van der Waals surface area contributed by atoms with Crippen LogP contribution in [0.4, 0.5) is 0 Å². The number of hydrogen-bond acceptors (Lipinski definition) is 3. The lowest BCUT2D eigenvalue weighted by Crippen LogP contribution is -2.33. The molecule has 4 heteroatoms. The number of aliphatic hydroxyl groups is 1. The second-order valence-electron chi connectivity index (χ2n) is 1.42. The number of carbonyl (C=O) groups excluding carboxylic acids is 2. The lowest BCUT2D eigenvalue weighted by Gasteiger charge is -1.96. The molecule has 0 fully saturated rings. The Hall–Kier alpha value is -0.900. The van der Waals surface area contributed by atoms with Crippen molar-refractivity contribution < 1.29 is 14.7 Å². The van der Waals surface area contributed by atoms with E-state index in [1.54, 1.807) is 0 Å². The maximum absolute atomic E-state index is 10.0. The Balaban J connectivity index is 3.83. The highest BCUT2D eigenvalue weighted by Crippen LogP contribution is 1.79. The minimum Gasteiger partial charge on any atom is -0.376 e. The van der Waals surface area contributed by atoms with Crippen molar-refractivity contribution in [2.75, 3.05) is 0 Å². The third-order valence-corrected chi connectivity index (χ3v) is 0.655. The molecule has 4 nitrogen and oxygen atoms in total. The zero-order chi connectivity index (χ0) is 6.73. The summed E-state index contributed by atoms with van der Waals surface area (Å²) in [5.41, 5.74) is 4.53. The molecule has 0 aromatic rings. The SMILES string of the molecule is CC(=O)C(O)C(N)=O. The smallest absolute Gasteiger partial charge is 0.254 e. The van der Waals surface area contributed by atoms with E-state index in [9.17, 15) is 9.59 Å². The van der Waals surface area contributed by atoms with E-state index in [1.165, 1.54) is 0 Å². The summed E-state index contributed by atoms with van der Waals surface area (Å²) in [6.45, 7) is 1.09. The summed E-state index contributed by atoms with van der Waals surface area (Å²) in [4.78, 5) is 19.9. The minimum absolute atomic E-state index is 0.627. The summed E-state index contributed by atoms with van der Waals surface area (Å²) in [6.07, 6.45) is -1.63. The van der Waals surface area contributed by atoms with Gasteiger partial charge >= 0.3 is 0 Å². The van der Waals surface area contributed by atoms with Crippen LogP contribution in [0.25, 0.3) is 0 Å². The number of nitrogens with two attached hydrogens (primary N) is 1. The highest BCUT2D eigenvalue weighted by Gasteiger charge is 2.14. The summed E-state index contributed by atoms with van der Waals surface area (Å²) in [5.74, 6) is -1.63. The first-order valence-corrected chi connectivity index (χ1v) is 2.03. The molecule has 1 amide bonds. The first-order chi connectivity index (χ1) is 3.55. The van der Waals surface area contributed by atoms with Crippen LogP contribution in [-0.2, 0) is 9.59 Å². The summed E-state index contributed by atoms with van der Waals surface area (Å²) >= 11 is 0. The molecule has 0 aliphatic carbocycles. The molecule has 0 bridgehead atoms. The van der Waals surface area contributed by atoms with Crippen LogP contribution >= 0.6 is 0 Å². The van der Waals surface area contributed by atoms with Crippen molar-refractivity contribution in [3.8, 4) is 0 Å². The zero-order valence-corrected chi connectivity index (χ0v) is 4.42. The molecular weight excluding hydrogens is 110 g/mol. The van der Waals surface area contributed by atoms with E-state index in [2.05, 4.69) is 5.73 Å². The van der Waals surface area contributed by atoms with E-state index in [0.717, 1.165) is 6.92 Å². The van der Waals surface area contributed by atoms with E-state index in [-0.39, 0.29) is 0 Å². The van der Waals surface area contributed by atoms with Crippen molar-refractivity contribution in [1.29, 1.82) is 0 Å². The van der Waals surface area contributed by atoms with Gasteiger partial charge in [0.25, 0.3) is 5.91 Å². The molecule has 3 N–H and O–H groups in total. The average Bonchev–Trinajstić information content (AvgIpc) is 1.64. The van der Waals surface area contributed by atoms with Gasteiger partial charge in [-0.25, -0.2) is 0 Å². The summed E-state index contributed by atoms with van der Waals surface area (Å²) < 4.78 is 0. The van der Waals surface area contributed by atoms with Crippen LogP contribution in [0.5, 0.6) is 0 Å². The van der Waals surface area contributed by atoms with Gasteiger partial charge in [-0.1, -0.05) is 0 Å². The molecule has 0 saturated carbocycles. The number of carbonyl (C=O) groups is 2. The van der Waals surface area contributed by atoms with Gasteiger partial charge in [-0.05, 0) is 6.92 Å². The van der Waals surface area contributed by atoms with Crippen molar-refractivity contribution in [3.63, 3.8) is 0 Å². The van der Waals surface area contributed by atoms with Crippen LogP contribution in [0.3, 0.4) is 0 Å². The molecule has 0 spiro atoms. The number of ketones is 1. The Morgan fingerprint density at radius 3 is 2.00 bits per heavy atom. The van der Waals surface area contributed by atoms with Gasteiger partial charge in [0.1, 0.15) is 0 Å². The predicted molar refractivity (Wildman–Crippen MR) is 25.9 cm³/mol. The second kappa shape index (κ2) is 2.42. The van der Waals surface area contributed by atoms with Gasteiger partial charge in [-0.15, -0.1) is 0 Å². The van der Waals surface area contributed by atoms with Crippen LogP contribution in [0.15, 0.2) is 0 Å². The standard InChI is InChI=1S/C4H7NO3/c1-2(6)3(7)4(5)8/h3,7H,1H3,(H2,5,8). The normalized spacial score (nSPS) is 12.8. The molecule has 0 heterocycles. The molecule has 0 aromatic carbocycles. The minimum atomic E-state index is -1.63. The van der Waals surface area contributed by atoms with Crippen molar-refractivity contribution >= 4 is 11.7 Å². The van der Waals surface area contributed by atoms with Gasteiger partial charge in [-0.3, -0.25) is 9.59 Å². The van der Waals surface area contributed by atoms with Gasteiger partial charge in [0.15, 0.2) is 11.9 Å². The van der Waals surface area contributed by atoms with Crippen LogP contribution in [0.2, 0.25) is 0 Å². The van der Waals surface area contributed by atoms with E-state index >= 15 is 0 Å². The Morgan fingerprint density at radius 2 is 2.00 bits per heavy atom. The molecule has 0 rings (SSSR count). The quantitative estimate of drug-likeness (QED) is 0.428. The Labute approximate surface area is 46.3 Å². The number of aliphatic hydroxyl groups excluding tert-OH is 1. The molecule has 0 aliphatic heterocycles. The number of rotatable bonds is 2. The van der Waals surface area contributed by atoms with Gasteiger partial charge in [0.2, 0.25) is 0 Å². The topological polar surface area (TPSA) is 80.4 Å². The monoisotopic (exact) mass is 117 g/mol. The fraction of sp³-hybridized carbons (Fsp3) is 0.500. The number of primary amides is 1. The molecule has 0 aromatic heterocycles. The molecule has 46 valence electrons. The number of hydrogen-bond donors (Lipinski definition) is 2. The van der Waals surface area contributed by atoms with Crippen LogP contribution in [0, 0.1) is 0 Å². The highest BCUT2D eigenvalue weighted by atomic mass is 16.3. The highest BCUT2D eigenvalue weighted by molar-refractivity contribution is 6.02. The van der Waals surface area contributed by atoms with Gasteiger partial charge in [0, 0.05) is 0 Å². The van der Waals surface area contributed by atoms with Crippen LogP contribution in [0.1, 0.15) is 6.92 Å². The second-order valence-corrected chi connectivity index (χ2v) is 1.42. The predicted octanol–water partition coefficient (Wildman–Crippen LogP) is -1.58. The van der Waals surface area contributed by atoms with Crippen LogP contribution < -0.4 is 5.73 Å². The maximum atomic E-state index is 10.0. The summed E-state index contributed by atoms with van der Waals surface area (Å²) in [5, 5.41) is 8.38. The molecule has 0 radical (unpaired) electrons.